The van der Waals surface area contributed by atoms with E-state index in [0.29, 0.717) is 6.42 Å². The average molecular weight is 330 g/mol. The molecule has 0 bridgehead atoms. The van der Waals surface area contributed by atoms with E-state index < -0.39 is 42.1 Å². The number of nitrogens with one attached hydrogen (secondary N) is 1. The number of rotatable bonds is 6. The predicted octanol–water partition coefficient (Wildman–Crippen LogP) is 1.00. The molecule has 6 nitrogen and oxygen atoms in total. The molecule has 0 aliphatic rings. The molecule has 0 radical (unpaired) electrons. The zero-order valence-corrected chi connectivity index (χ0v) is 11.9. The van der Waals surface area contributed by atoms with Crippen LogP contribution in [0.2, 0.25) is 5.02 Å². The highest BCUT2D eigenvalue weighted by atomic mass is 35.5. The number of aromatic nitrogens is 2. The molecule has 0 saturated heterocycles. The van der Waals surface area contributed by atoms with Gasteiger partial charge >= 0.3 is 6.18 Å². The first kappa shape index (κ1) is 17.7. The van der Waals surface area contributed by atoms with Crippen LogP contribution in [-0.2, 0) is 6.54 Å². The smallest absolute Gasteiger partial charge is 0.394 e. The second-order valence-corrected chi connectivity index (χ2v) is 4.90. The van der Waals surface area contributed by atoms with Crippen LogP contribution in [0.15, 0.2) is 11.0 Å². The molecule has 1 rings (SSSR count). The van der Waals surface area contributed by atoms with Gasteiger partial charge < -0.3 is 15.5 Å². The van der Waals surface area contributed by atoms with E-state index in [1.54, 1.807) is 6.92 Å². The third kappa shape index (κ3) is 4.32. The van der Waals surface area contributed by atoms with Crippen molar-refractivity contribution in [2.75, 3.05) is 18.5 Å². The summed E-state index contributed by atoms with van der Waals surface area (Å²) >= 11 is 5.74. The Morgan fingerprint density at radius 3 is 2.38 bits per heavy atom. The summed E-state index contributed by atoms with van der Waals surface area (Å²) < 4.78 is 37.0. The van der Waals surface area contributed by atoms with Crippen molar-refractivity contribution in [2.24, 2.45) is 0 Å². The summed E-state index contributed by atoms with van der Waals surface area (Å²) in [6.07, 6.45) is -3.36. The van der Waals surface area contributed by atoms with Gasteiger partial charge in [-0.2, -0.15) is 18.3 Å². The molecule has 1 aromatic heterocycles. The van der Waals surface area contributed by atoms with Crippen LogP contribution in [0.4, 0.5) is 18.9 Å². The van der Waals surface area contributed by atoms with Crippen molar-refractivity contribution in [3.63, 3.8) is 0 Å². The third-order valence-electron chi connectivity index (χ3n) is 3.00. The van der Waals surface area contributed by atoms with Gasteiger partial charge in [0.05, 0.1) is 30.6 Å². The largest absolute Gasteiger partial charge is 0.408 e. The van der Waals surface area contributed by atoms with Crippen molar-refractivity contribution in [2.45, 2.75) is 31.6 Å². The van der Waals surface area contributed by atoms with Crippen molar-refractivity contribution >= 4 is 17.3 Å². The SMILES string of the molecule is CCC(CO)(CO)Nc1cnn(CC(F)(F)F)c(=O)c1Cl. The van der Waals surface area contributed by atoms with Gasteiger partial charge in [-0.15, -0.1) is 0 Å². The molecule has 10 heteroatoms. The minimum absolute atomic E-state index is 0.0509. The van der Waals surface area contributed by atoms with E-state index in [0.717, 1.165) is 6.20 Å². The Morgan fingerprint density at radius 2 is 1.95 bits per heavy atom. The third-order valence-corrected chi connectivity index (χ3v) is 3.36. The fourth-order valence-corrected chi connectivity index (χ4v) is 1.75. The van der Waals surface area contributed by atoms with E-state index in [9.17, 15) is 28.2 Å². The van der Waals surface area contributed by atoms with Crippen LogP contribution >= 0.6 is 11.6 Å². The molecule has 120 valence electrons. The van der Waals surface area contributed by atoms with Crippen LogP contribution in [0.5, 0.6) is 0 Å². The molecule has 0 spiro atoms. The summed E-state index contributed by atoms with van der Waals surface area (Å²) in [5, 5.41) is 24.1. The minimum atomic E-state index is -4.60. The number of hydrogen-bond donors (Lipinski definition) is 3. The van der Waals surface area contributed by atoms with Crippen LogP contribution in [0.25, 0.3) is 0 Å². The normalized spacial score (nSPS) is 12.5. The molecule has 3 N–H and O–H groups in total. The van der Waals surface area contributed by atoms with Crippen LogP contribution in [-0.4, -0.2) is 44.9 Å². The van der Waals surface area contributed by atoms with Gasteiger partial charge in [-0.25, -0.2) is 4.68 Å². The first-order valence-electron chi connectivity index (χ1n) is 6.00. The Balaban J connectivity index is 3.13. The van der Waals surface area contributed by atoms with E-state index in [2.05, 4.69) is 10.4 Å². The highest BCUT2D eigenvalue weighted by Gasteiger charge is 2.31. The van der Waals surface area contributed by atoms with Crippen LogP contribution < -0.4 is 10.9 Å². The Kier molecular flexibility index (Phi) is 5.60. The van der Waals surface area contributed by atoms with Crippen molar-refractivity contribution in [1.29, 1.82) is 0 Å². The van der Waals surface area contributed by atoms with Gasteiger partial charge in [-0.05, 0) is 6.42 Å². The fourth-order valence-electron chi connectivity index (χ4n) is 1.56. The lowest BCUT2D eigenvalue weighted by Crippen LogP contribution is -2.45. The number of aliphatic hydroxyl groups excluding tert-OH is 2. The van der Waals surface area contributed by atoms with Crippen molar-refractivity contribution < 1.29 is 23.4 Å². The first-order chi connectivity index (χ1) is 9.68. The molecule has 0 unspecified atom stereocenters. The van der Waals surface area contributed by atoms with Gasteiger partial charge in [0.25, 0.3) is 5.56 Å². The van der Waals surface area contributed by atoms with Crippen LogP contribution in [0.3, 0.4) is 0 Å². The molecule has 0 aromatic carbocycles. The topological polar surface area (TPSA) is 87.4 Å². The van der Waals surface area contributed by atoms with Crippen LogP contribution in [0, 0.1) is 0 Å². The summed E-state index contributed by atoms with van der Waals surface area (Å²) in [4.78, 5) is 11.7. The standard InChI is InChI=1S/C11H15ClF3N3O3/c1-2-10(5-19,6-20)17-7-3-16-18(4-11(13,14)15)9(21)8(7)12/h3,17,19-20H,2,4-6H2,1H3. The lowest BCUT2D eigenvalue weighted by atomic mass is 9.98. The van der Waals surface area contributed by atoms with Gasteiger partial charge in [0.2, 0.25) is 0 Å². The second-order valence-electron chi connectivity index (χ2n) is 4.53. The summed E-state index contributed by atoms with van der Waals surface area (Å²) in [6, 6.07) is 0. The van der Waals surface area contributed by atoms with E-state index in [1.165, 1.54) is 0 Å². The molecular weight excluding hydrogens is 315 g/mol. The molecular formula is C11H15ClF3N3O3. The zero-order chi connectivity index (χ0) is 16.3. The molecule has 0 aliphatic heterocycles. The van der Waals surface area contributed by atoms with Gasteiger partial charge in [0.1, 0.15) is 11.6 Å². The predicted molar refractivity (Wildman–Crippen MR) is 70.4 cm³/mol. The lowest BCUT2D eigenvalue weighted by molar-refractivity contribution is -0.143. The second kappa shape index (κ2) is 6.63. The van der Waals surface area contributed by atoms with E-state index in [4.69, 9.17) is 11.6 Å². The summed E-state index contributed by atoms with van der Waals surface area (Å²) in [6.45, 7) is -0.791. The molecule has 0 aliphatic carbocycles. The summed E-state index contributed by atoms with van der Waals surface area (Å²) in [5.74, 6) is 0. The van der Waals surface area contributed by atoms with Gasteiger partial charge in [0.15, 0.2) is 0 Å². The molecule has 1 heterocycles. The average Bonchev–Trinajstić information content (AvgIpc) is 2.43. The number of hydrogen-bond acceptors (Lipinski definition) is 5. The summed E-state index contributed by atoms with van der Waals surface area (Å²) in [7, 11) is 0. The first-order valence-corrected chi connectivity index (χ1v) is 6.38. The molecule has 21 heavy (non-hydrogen) atoms. The number of aliphatic hydroxyl groups is 2. The number of anilines is 1. The quantitative estimate of drug-likeness (QED) is 0.725. The number of alkyl halides is 3. The molecule has 0 atom stereocenters. The Bertz CT molecular complexity index is 535. The molecule has 0 saturated carbocycles. The van der Waals surface area contributed by atoms with Crippen molar-refractivity contribution in [3.05, 3.63) is 21.6 Å². The maximum absolute atomic E-state index is 12.3. The number of nitrogens with zero attached hydrogens (tertiary/aromatic N) is 2. The highest BCUT2D eigenvalue weighted by molar-refractivity contribution is 6.32. The van der Waals surface area contributed by atoms with Crippen molar-refractivity contribution in [3.8, 4) is 0 Å². The van der Waals surface area contributed by atoms with Gasteiger partial charge in [0, 0.05) is 0 Å². The van der Waals surface area contributed by atoms with Crippen molar-refractivity contribution in [1.82, 2.24) is 9.78 Å². The lowest BCUT2D eigenvalue weighted by Gasteiger charge is -2.31. The Morgan fingerprint density at radius 1 is 1.38 bits per heavy atom. The van der Waals surface area contributed by atoms with E-state index in [-0.39, 0.29) is 10.4 Å². The molecule has 0 amide bonds. The Hall–Kier alpha value is -1.32. The highest BCUT2D eigenvalue weighted by Crippen LogP contribution is 2.23. The number of halogens is 4. The molecule has 0 fully saturated rings. The monoisotopic (exact) mass is 329 g/mol. The molecule has 1 aromatic rings. The van der Waals surface area contributed by atoms with E-state index >= 15 is 0 Å². The van der Waals surface area contributed by atoms with Gasteiger partial charge in [-0.3, -0.25) is 4.79 Å². The summed E-state index contributed by atoms with van der Waals surface area (Å²) in [5.41, 5.74) is -2.31. The fraction of sp³-hybridized carbons (Fsp3) is 0.636. The van der Waals surface area contributed by atoms with Crippen LogP contribution in [0.1, 0.15) is 13.3 Å². The minimum Gasteiger partial charge on any atom is -0.394 e. The van der Waals surface area contributed by atoms with E-state index in [1.807, 2.05) is 0 Å². The zero-order valence-electron chi connectivity index (χ0n) is 11.1. The Labute approximate surface area is 123 Å². The maximum atomic E-state index is 12.3. The van der Waals surface area contributed by atoms with Gasteiger partial charge in [-0.1, -0.05) is 18.5 Å². The maximum Gasteiger partial charge on any atom is 0.408 e.